The van der Waals surface area contributed by atoms with Crippen LogP contribution in [0.25, 0.3) is 0 Å². The molecule has 0 saturated carbocycles. The fraction of sp³-hybridized carbons (Fsp3) is 0.289. The van der Waals surface area contributed by atoms with Crippen LogP contribution in [-0.2, 0) is 47.9 Å². The van der Waals surface area contributed by atoms with Crippen LogP contribution in [0.15, 0.2) is 97.7 Å². The number of pyridine rings is 1. The van der Waals surface area contributed by atoms with Crippen molar-refractivity contribution < 1.29 is 60.9 Å². The van der Waals surface area contributed by atoms with Crippen molar-refractivity contribution >= 4 is 64.6 Å². The summed E-state index contributed by atoms with van der Waals surface area (Å²) in [4.78, 5) is 92.6. The van der Waals surface area contributed by atoms with Gasteiger partial charge in [0.2, 0.25) is 11.8 Å². The van der Waals surface area contributed by atoms with Crippen molar-refractivity contribution in [3.8, 4) is 11.5 Å². The summed E-state index contributed by atoms with van der Waals surface area (Å²) in [6.07, 6.45) is -2.99. The lowest BCUT2D eigenvalue weighted by Crippen LogP contribution is -2.46. The Morgan fingerprint density at radius 2 is 1.56 bits per heavy atom. The zero-order valence-electron chi connectivity index (χ0n) is 35.7. The summed E-state index contributed by atoms with van der Waals surface area (Å²) in [5, 5.41) is 9.55. The van der Waals surface area contributed by atoms with E-state index >= 15 is 0 Å². The first kappa shape index (κ1) is 51.2. The quantitative estimate of drug-likeness (QED) is 0.0406. The first-order valence-corrected chi connectivity index (χ1v) is 20.5. The number of nitrogens with two attached hydrogens (primary N) is 1. The molecule has 0 spiro atoms. The molecule has 6 amide bonds. The summed E-state index contributed by atoms with van der Waals surface area (Å²) in [6.45, 7) is 5.12. The molecular formula is C45H47ClF3N7O10. The van der Waals surface area contributed by atoms with Crippen LogP contribution in [0.5, 0.6) is 11.5 Å². The number of carbonyl (C=O) groups is 7. The van der Waals surface area contributed by atoms with E-state index in [1.807, 2.05) is 0 Å². The number of primary amides is 1. The molecule has 0 aliphatic carbocycles. The number of ketones is 1. The van der Waals surface area contributed by atoms with Crippen molar-refractivity contribution in [2.24, 2.45) is 11.7 Å². The summed E-state index contributed by atoms with van der Waals surface area (Å²) in [7, 11) is 1.48. The molecule has 6 N–H and O–H groups in total. The van der Waals surface area contributed by atoms with Gasteiger partial charge in [-0.2, -0.15) is 13.2 Å². The number of rotatable bonds is 22. The fourth-order valence-corrected chi connectivity index (χ4v) is 5.98. The summed E-state index contributed by atoms with van der Waals surface area (Å²) < 4.78 is 55.6. The van der Waals surface area contributed by atoms with Gasteiger partial charge in [-0.05, 0) is 66.1 Å². The predicted molar refractivity (Wildman–Crippen MR) is 235 cm³/mol. The Balaban J connectivity index is 1.18. The summed E-state index contributed by atoms with van der Waals surface area (Å²) in [6, 6.07) is 16.5. The number of carbonyl (C=O) groups excluding carboxylic acids is 7. The van der Waals surface area contributed by atoms with Crippen molar-refractivity contribution in [1.29, 1.82) is 0 Å². The van der Waals surface area contributed by atoms with Crippen LogP contribution in [0.2, 0.25) is 5.02 Å². The number of nitrogens with one attached hydrogen (secondary N) is 4. The number of amides is 6. The van der Waals surface area contributed by atoms with Crippen LogP contribution in [0, 0.1) is 5.92 Å². The number of ether oxygens (including phenoxy) is 3. The maximum Gasteiger partial charge on any atom is 0.417 e. The van der Waals surface area contributed by atoms with Gasteiger partial charge >= 0.3 is 24.3 Å². The SMILES string of the molecule is C=CCOC(=O)CCC(C)C(=O)NC(CC(N)=O)C(=O)Cc1ccc(COC(=O)N(C)CCNC(=O)c2cc(Oc3ccc(NC(=O)Nc4ccc(Cl)c(C(F)(F)F)c4)cc3)ccn2)cc1. The zero-order valence-corrected chi connectivity index (χ0v) is 36.5. The number of nitrogens with zero attached hydrogens (tertiary/aromatic N) is 2. The Morgan fingerprint density at radius 3 is 2.23 bits per heavy atom. The number of halogens is 4. The molecule has 21 heteroatoms. The van der Waals surface area contributed by atoms with Gasteiger partial charge in [-0.25, -0.2) is 9.59 Å². The second kappa shape index (κ2) is 24.5. The van der Waals surface area contributed by atoms with E-state index in [9.17, 15) is 46.7 Å². The molecule has 350 valence electrons. The van der Waals surface area contributed by atoms with Crippen molar-refractivity contribution in [2.75, 3.05) is 37.4 Å². The summed E-state index contributed by atoms with van der Waals surface area (Å²) in [5.74, 6) is -2.87. The molecule has 4 aromatic rings. The van der Waals surface area contributed by atoms with E-state index in [1.54, 1.807) is 31.2 Å². The second-order valence-electron chi connectivity index (χ2n) is 14.6. The van der Waals surface area contributed by atoms with E-state index in [0.717, 1.165) is 12.1 Å². The Morgan fingerprint density at radius 1 is 0.894 bits per heavy atom. The van der Waals surface area contributed by atoms with Crippen LogP contribution in [-0.4, -0.2) is 84.3 Å². The average Bonchev–Trinajstić information content (AvgIpc) is 3.27. The van der Waals surface area contributed by atoms with Crippen LogP contribution >= 0.6 is 11.6 Å². The van der Waals surface area contributed by atoms with E-state index in [4.69, 9.17) is 31.5 Å². The van der Waals surface area contributed by atoms with Crippen LogP contribution in [0.4, 0.5) is 34.1 Å². The minimum atomic E-state index is -4.70. The number of anilines is 2. The first-order valence-electron chi connectivity index (χ1n) is 20.1. The smallest absolute Gasteiger partial charge is 0.417 e. The number of esters is 1. The van der Waals surface area contributed by atoms with E-state index < -0.39 is 76.7 Å². The second-order valence-corrected chi connectivity index (χ2v) is 15.0. The minimum Gasteiger partial charge on any atom is -0.461 e. The van der Waals surface area contributed by atoms with Gasteiger partial charge in [-0.3, -0.25) is 29.0 Å². The Hall–Kier alpha value is -7.48. The third kappa shape index (κ3) is 16.9. The number of Topliss-reactive ketones (excluding diaryl/α,β-unsaturated/α-hetero) is 1. The van der Waals surface area contributed by atoms with Crippen molar-refractivity contribution in [3.63, 3.8) is 0 Å². The molecule has 66 heavy (non-hydrogen) atoms. The third-order valence-corrected chi connectivity index (χ3v) is 9.68. The fourth-order valence-electron chi connectivity index (χ4n) is 5.76. The standard InChI is InChI=1S/C45H47ClF3N7O10/c1-4-21-64-40(59)16-5-27(2)41(60)55-36(25-39(50)58)38(57)22-28-6-8-29(9-7-28)26-65-44(63)56(3)20-19-52-42(61)37-24-33(17-18-51-37)66-32-13-10-30(11-14-32)53-43(62)54-31-12-15-35(46)34(23-31)45(47,48)49/h4,6-15,17-18,23-24,27,36H,1,5,16,19-22,25-26H2,2-3H3,(H2,50,58)(H,52,61)(H,55,60)(H2,53,54,62). The van der Waals surface area contributed by atoms with E-state index in [1.165, 1.54) is 66.7 Å². The summed E-state index contributed by atoms with van der Waals surface area (Å²) in [5.41, 5.74) is 5.63. The molecule has 0 bridgehead atoms. The first-order chi connectivity index (χ1) is 31.3. The number of urea groups is 1. The Bertz CT molecular complexity index is 2380. The molecule has 1 heterocycles. The topological polar surface area (TPSA) is 237 Å². The third-order valence-electron chi connectivity index (χ3n) is 9.35. The van der Waals surface area contributed by atoms with E-state index in [0.29, 0.717) is 22.6 Å². The molecule has 2 atom stereocenters. The molecule has 3 aromatic carbocycles. The van der Waals surface area contributed by atoms with Crippen LogP contribution in [0.1, 0.15) is 53.4 Å². The lowest BCUT2D eigenvalue weighted by Gasteiger charge is -2.19. The molecule has 0 radical (unpaired) electrons. The highest BCUT2D eigenvalue weighted by Crippen LogP contribution is 2.36. The molecule has 0 aliphatic rings. The number of likely N-dealkylation sites (N-methyl/N-ethyl adjacent to an activating group) is 1. The maximum atomic E-state index is 13.2. The highest BCUT2D eigenvalue weighted by Gasteiger charge is 2.33. The Kier molecular flexibility index (Phi) is 19.0. The normalized spacial score (nSPS) is 11.8. The molecule has 0 saturated heterocycles. The highest BCUT2D eigenvalue weighted by atomic mass is 35.5. The Labute approximate surface area is 382 Å². The number of benzene rings is 3. The maximum absolute atomic E-state index is 13.2. The molecule has 4 rings (SSSR count). The molecule has 2 unspecified atom stereocenters. The molecular weight excluding hydrogens is 891 g/mol. The van der Waals surface area contributed by atoms with Crippen LogP contribution in [0.3, 0.4) is 0 Å². The van der Waals surface area contributed by atoms with Gasteiger partial charge in [0.15, 0.2) is 5.78 Å². The number of hydrogen-bond donors (Lipinski definition) is 5. The lowest BCUT2D eigenvalue weighted by molar-refractivity contribution is -0.143. The van der Waals surface area contributed by atoms with Gasteiger partial charge in [-0.1, -0.05) is 55.4 Å². The number of hydrogen-bond acceptors (Lipinski definition) is 11. The number of alkyl halides is 3. The van der Waals surface area contributed by atoms with Gasteiger partial charge in [-0.15, -0.1) is 0 Å². The lowest BCUT2D eigenvalue weighted by atomic mass is 9.98. The largest absolute Gasteiger partial charge is 0.461 e. The van der Waals surface area contributed by atoms with Crippen molar-refractivity contribution in [3.05, 3.63) is 125 Å². The molecule has 0 aliphatic heterocycles. The van der Waals surface area contributed by atoms with Gasteiger partial charge < -0.3 is 46.1 Å². The van der Waals surface area contributed by atoms with Gasteiger partial charge in [0.25, 0.3) is 5.91 Å². The number of aromatic nitrogens is 1. The minimum absolute atomic E-state index is 0.0194. The van der Waals surface area contributed by atoms with Crippen molar-refractivity contribution in [2.45, 2.75) is 51.4 Å². The van der Waals surface area contributed by atoms with E-state index in [2.05, 4.69) is 32.8 Å². The van der Waals surface area contributed by atoms with Gasteiger partial charge in [0.05, 0.1) is 23.0 Å². The molecule has 1 aromatic heterocycles. The highest BCUT2D eigenvalue weighted by molar-refractivity contribution is 6.31. The molecule has 0 fully saturated rings. The van der Waals surface area contributed by atoms with Crippen molar-refractivity contribution in [1.82, 2.24) is 20.5 Å². The monoisotopic (exact) mass is 937 g/mol. The predicted octanol–water partition coefficient (Wildman–Crippen LogP) is 6.81. The van der Waals surface area contributed by atoms with Gasteiger partial charge in [0, 0.05) is 62.5 Å². The zero-order chi connectivity index (χ0) is 48.4. The van der Waals surface area contributed by atoms with Crippen LogP contribution < -0.4 is 31.7 Å². The van der Waals surface area contributed by atoms with Gasteiger partial charge in [0.1, 0.15) is 30.4 Å². The van der Waals surface area contributed by atoms with E-state index in [-0.39, 0.29) is 62.7 Å². The molecule has 17 nitrogen and oxygen atoms in total. The average molecular weight is 938 g/mol. The summed E-state index contributed by atoms with van der Waals surface area (Å²) >= 11 is 5.63.